The maximum atomic E-state index is 11.3. The molecule has 108 valence electrons. The smallest absolute Gasteiger partial charge is 0.339 e. The van der Waals surface area contributed by atoms with Crippen LogP contribution in [0.2, 0.25) is 0 Å². The van der Waals surface area contributed by atoms with E-state index >= 15 is 0 Å². The average molecular weight is 296 g/mol. The van der Waals surface area contributed by atoms with Crippen molar-refractivity contribution in [2.45, 2.75) is 31.3 Å². The van der Waals surface area contributed by atoms with Gasteiger partial charge < -0.3 is 9.84 Å². The van der Waals surface area contributed by atoms with E-state index in [9.17, 15) is 9.59 Å². The lowest BCUT2D eigenvalue weighted by Gasteiger charge is -2.12. The number of hydrogen-bond acceptors (Lipinski definition) is 6. The van der Waals surface area contributed by atoms with Gasteiger partial charge in [-0.1, -0.05) is 11.8 Å². The van der Waals surface area contributed by atoms with Crippen LogP contribution in [0.25, 0.3) is 0 Å². The van der Waals surface area contributed by atoms with Gasteiger partial charge in [0.25, 0.3) is 0 Å². The number of esters is 1. The van der Waals surface area contributed by atoms with E-state index in [1.807, 2.05) is 0 Å². The van der Waals surface area contributed by atoms with Crippen molar-refractivity contribution in [3.63, 3.8) is 0 Å². The molecule has 2 rings (SSSR count). The quantitative estimate of drug-likeness (QED) is 0.487. The highest BCUT2D eigenvalue weighted by molar-refractivity contribution is 7.99. The normalized spacial score (nSPS) is 15.7. The fraction of sp³-hybridized carbons (Fsp3) is 0.538. The summed E-state index contributed by atoms with van der Waals surface area (Å²) < 4.78 is 4.69. The lowest BCUT2D eigenvalue weighted by Crippen LogP contribution is -2.13. The Morgan fingerprint density at radius 2 is 2.20 bits per heavy atom. The van der Waals surface area contributed by atoms with Gasteiger partial charge in [0.15, 0.2) is 5.16 Å². The molecule has 0 aliphatic heterocycles. The molecule has 1 fully saturated rings. The predicted octanol–water partition coefficient (Wildman–Crippen LogP) is 1.92. The molecule has 0 amide bonds. The lowest BCUT2D eigenvalue weighted by molar-refractivity contribution is -0.141. The van der Waals surface area contributed by atoms with Crippen LogP contribution in [0.1, 0.15) is 35.3 Å². The highest BCUT2D eigenvalue weighted by Crippen LogP contribution is 2.51. The first-order valence-corrected chi connectivity index (χ1v) is 7.21. The maximum absolute atomic E-state index is 11.3. The van der Waals surface area contributed by atoms with E-state index < -0.39 is 5.97 Å². The van der Waals surface area contributed by atoms with Crippen molar-refractivity contribution in [1.82, 2.24) is 9.97 Å². The molecule has 0 atom stereocenters. The minimum absolute atomic E-state index is 0.000490. The number of hydrogen-bond donors (Lipinski definition) is 1. The summed E-state index contributed by atoms with van der Waals surface area (Å²) >= 11 is 1.45. The molecule has 1 aliphatic rings. The lowest BCUT2D eigenvalue weighted by atomic mass is 10.1. The SMILES string of the molecule is COC(=O)CC1(CSc2ncc(C(=O)O)c(C)n2)CC1. The zero-order chi connectivity index (χ0) is 14.8. The van der Waals surface area contributed by atoms with E-state index in [4.69, 9.17) is 9.84 Å². The van der Waals surface area contributed by atoms with Crippen LogP contribution in [0.3, 0.4) is 0 Å². The van der Waals surface area contributed by atoms with Gasteiger partial charge in [0.05, 0.1) is 24.8 Å². The molecule has 1 aromatic heterocycles. The summed E-state index contributed by atoms with van der Waals surface area (Å²) in [6.07, 6.45) is 3.75. The average Bonchev–Trinajstić information content (AvgIpc) is 3.16. The number of thioether (sulfide) groups is 1. The molecule has 7 heteroatoms. The van der Waals surface area contributed by atoms with Gasteiger partial charge >= 0.3 is 11.9 Å². The third kappa shape index (κ3) is 3.47. The summed E-state index contributed by atoms with van der Waals surface area (Å²) in [5, 5.41) is 9.46. The van der Waals surface area contributed by atoms with E-state index in [2.05, 4.69) is 9.97 Å². The van der Waals surface area contributed by atoms with Gasteiger partial charge in [-0.2, -0.15) is 0 Å². The van der Waals surface area contributed by atoms with E-state index in [1.54, 1.807) is 6.92 Å². The number of aromatic nitrogens is 2. The molecule has 6 nitrogen and oxygen atoms in total. The van der Waals surface area contributed by atoms with Gasteiger partial charge in [0, 0.05) is 11.9 Å². The Morgan fingerprint density at radius 3 is 2.70 bits per heavy atom. The van der Waals surface area contributed by atoms with Gasteiger partial charge in [0.2, 0.25) is 0 Å². The van der Waals surface area contributed by atoms with Crippen LogP contribution >= 0.6 is 11.8 Å². The number of nitrogens with zero attached hydrogens (tertiary/aromatic N) is 2. The topological polar surface area (TPSA) is 89.4 Å². The fourth-order valence-electron chi connectivity index (χ4n) is 1.87. The second kappa shape index (κ2) is 5.78. The van der Waals surface area contributed by atoms with Gasteiger partial charge in [-0.15, -0.1) is 0 Å². The van der Waals surface area contributed by atoms with Crippen molar-refractivity contribution in [2.75, 3.05) is 12.9 Å². The van der Waals surface area contributed by atoms with Crippen LogP contribution in [0.15, 0.2) is 11.4 Å². The van der Waals surface area contributed by atoms with E-state index in [1.165, 1.54) is 25.1 Å². The second-order valence-electron chi connectivity index (χ2n) is 5.00. The summed E-state index contributed by atoms with van der Waals surface area (Å²) in [5.74, 6) is -0.474. The predicted molar refractivity (Wildman–Crippen MR) is 72.8 cm³/mol. The Bertz CT molecular complexity index is 543. The molecular formula is C13H16N2O4S. The minimum atomic E-state index is -1.02. The molecule has 0 unspecified atom stereocenters. The first-order valence-electron chi connectivity index (χ1n) is 6.22. The van der Waals surface area contributed by atoms with Crippen molar-refractivity contribution in [3.05, 3.63) is 17.5 Å². The van der Waals surface area contributed by atoms with E-state index in [-0.39, 0.29) is 16.9 Å². The minimum Gasteiger partial charge on any atom is -0.478 e. The Kier molecular flexibility index (Phi) is 4.27. The molecule has 0 aromatic carbocycles. The van der Waals surface area contributed by atoms with Gasteiger partial charge in [-0.25, -0.2) is 14.8 Å². The number of carbonyl (C=O) groups excluding carboxylic acids is 1. The first kappa shape index (κ1) is 14.8. The van der Waals surface area contributed by atoms with Gasteiger partial charge in [-0.05, 0) is 25.2 Å². The molecule has 0 spiro atoms. The van der Waals surface area contributed by atoms with Crippen LogP contribution in [0.4, 0.5) is 0 Å². The Morgan fingerprint density at radius 1 is 1.50 bits per heavy atom. The number of rotatable bonds is 6. The Hall–Kier alpha value is -1.63. The maximum Gasteiger partial charge on any atom is 0.339 e. The summed E-state index contributed by atoms with van der Waals surface area (Å²) in [6, 6.07) is 0. The number of carbonyl (C=O) groups is 2. The van der Waals surface area contributed by atoms with Gasteiger partial charge in [0.1, 0.15) is 0 Å². The molecule has 0 saturated heterocycles. The molecule has 1 aromatic rings. The van der Waals surface area contributed by atoms with Crippen molar-refractivity contribution < 1.29 is 19.4 Å². The van der Waals surface area contributed by atoms with Crippen LogP contribution in [-0.2, 0) is 9.53 Å². The molecular weight excluding hydrogens is 280 g/mol. The van der Waals surface area contributed by atoms with Crippen molar-refractivity contribution in [1.29, 1.82) is 0 Å². The Labute approximate surface area is 121 Å². The molecule has 1 aliphatic carbocycles. The second-order valence-corrected chi connectivity index (χ2v) is 5.94. The largest absolute Gasteiger partial charge is 0.478 e. The number of methoxy groups -OCH3 is 1. The molecule has 1 heterocycles. The number of aryl methyl sites for hydroxylation is 1. The first-order chi connectivity index (χ1) is 9.46. The third-order valence-corrected chi connectivity index (χ3v) is 4.61. The summed E-state index contributed by atoms with van der Waals surface area (Å²) in [4.78, 5) is 30.4. The number of ether oxygens (including phenoxy) is 1. The van der Waals surface area contributed by atoms with Crippen molar-refractivity contribution in [2.24, 2.45) is 5.41 Å². The number of carboxylic acid groups (broad SMARTS) is 1. The fourth-order valence-corrected chi connectivity index (χ4v) is 3.02. The summed E-state index contributed by atoms with van der Waals surface area (Å²) in [7, 11) is 1.39. The highest BCUT2D eigenvalue weighted by atomic mass is 32.2. The Balaban J connectivity index is 1.96. The monoisotopic (exact) mass is 296 g/mol. The van der Waals surface area contributed by atoms with Gasteiger partial charge in [-0.3, -0.25) is 4.79 Å². The van der Waals surface area contributed by atoms with E-state index in [0.717, 1.165) is 18.6 Å². The van der Waals surface area contributed by atoms with Crippen LogP contribution in [-0.4, -0.2) is 39.9 Å². The standard InChI is InChI=1S/C13H16N2O4S/c1-8-9(11(17)18)6-14-12(15-8)20-7-13(3-4-13)5-10(16)19-2/h6H,3-5,7H2,1-2H3,(H,17,18). The summed E-state index contributed by atoms with van der Waals surface area (Å²) in [6.45, 7) is 1.65. The third-order valence-electron chi connectivity index (χ3n) is 3.40. The summed E-state index contributed by atoms with van der Waals surface area (Å²) in [5.41, 5.74) is 0.568. The van der Waals surface area contributed by atoms with Crippen molar-refractivity contribution >= 4 is 23.7 Å². The van der Waals surface area contributed by atoms with Crippen LogP contribution < -0.4 is 0 Å². The number of carboxylic acids is 1. The van der Waals surface area contributed by atoms with Crippen LogP contribution in [0.5, 0.6) is 0 Å². The zero-order valence-corrected chi connectivity index (χ0v) is 12.2. The molecule has 1 N–H and O–H groups in total. The molecule has 0 radical (unpaired) electrons. The van der Waals surface area contributed by atoms with E-state index in [0.29, 0.717) is 17.3 Å². The molecule has 0 bridgehead atoms. The van der Waals surface area contributed by atoms with Crippen molar-refractivity contribution in [3.8, 4) is 0 Å². The highest BCUT2D eigenvalue weighted by Gasteiger charge is 2.44. The molecule has 20 heavy (non-hydrogen) atoms. The van der Waals surface area contributed by atoms with Crippen LogP contribution in [0, 0.1) is 12.3 Å². The molecule has 1 saturated carbocycles. The number of aromatic carboxylic acids is 1. The zero-order valence-electron chi connectivity index (χ0n) is 11.4.